The van der Waals surface area contributed by atoms with Crippen molar-refractivity contribution in [2.24, 2.45) is 5.73 Å². The number of aromatic nitrogens is 1. The molecule has 3 rings (SSSR count). The third-order valence-electron chi connectivity index (χ3n) is 2.92. The van der Waals surface area contributed by atoms with Crippen LogP contribution in [0.4, 0.5) is 11.5 Å². The Balaban J connectivity index is 2.05. The molecule has 1 aromatic carbocycles. The molecule has 90 valence electrons. The second kappa shape index (κ2) is 4.27. The van der Waals surface area contributed by atoms with Crippen LogP contribution in [0.2, 0.25) is 0 Å². The molecule has 0 unspecified atom stereocenters. The first-order chi connectivity index (χ1) is 8.74. The van der Waals surface area contributed by atoms with Gasteiger partial charge in [-0.2, -0.15) is 0 Å². The number of nitrogens with two attached hydrogens (primary N) is 1. The molecule has 0 atom stereocenters. The Labute approximate surface area is 110 Å². The number of thiocarbonyl (C=S) groups is 1. The van der Waals surface area contributed by atoms with E-state index < -0.39 is 0 Å². The molecule has 2 aromatic rings. The van der Waals surface area contributed by atoms with Gasteiger partial charge in [-0.05, 0) is 47.6 Å². The van der Waals surface area contributed by atoms with Crippen molar-refractivity contribution in [2.45, 2.75) is 6.54 Å². The summed E-state index contributed by atoms with van der Waals surface area (Å²) in [4.78, 5) is 4.32. The van der Waals surface area contributed by atoms with Gasteiger partial charge >= 0.3 is 0 Å². The van der Waals surface area contributed by atoms with Crippen LogP contribution in [0.5, 0.6) is 0 Å². The summed E-state index contributed by atoms with van der Waals surface area (Å²) in [5.74, 6) is 0.931. The third-order valence-corrected chi connectivity index (χ3v) is 3.02. The normalized spacial score (nSPS) is 12.0. The number of nitrogens with one attached hydrogen (secondary N) is 2. The van der Waals surface area contributed by atoms with Crippen LogP contribution in [-0.2, 0) is 6.54 Å². The summed E-state index contributed by atoms with van der Waals surface area (Å²) in [6, 6.07) is 10.1. The lowest BCUT2D eigenvalue weighted by atomic mass is 9.96. The summed E-state index contributed by atoms with van der Waals surface area (Å²) in [6.07, 6.45) is 1.79. The molecule has 0 saturated carbocycles. The van der Waals surface area contributed by atoms with Crippen LogP contribution >= 0.6 is 12.2 Å². The van der Waals surface area contributed by atoms with E-state index in [0.717, 1.165) is 23.6 Å². The van der Waals surface area contributed by atoms with E-state index in [9.17, 15) is 0 Å². The first-order valence-corrected chi connectivity index (χ1v) is 6.03. The molecule has 0 fully saturated rings. The molecule has 0 amide bonds. The summed E-state index contributed by atoms with van der Waals surface area (Å²) >= 11 is 4.84. The van der Waals surface area contributed by atoms with Gasteiger partial charge in [-0.1, -0.05) is 6.07 Å². The van der Waals surface area contributed by atoms with Gasteiger partial charge in [0.25, 0.3) is 0 Å². The van der Waals surface area contributed by atoms with Gasteiger partial charge in [0, 0.05) is 24.0 Å². The molecule has 18 heavy (non-hydrogen) atoms. The minimum Gasteiger partial charge on any atom is -0.376 e. The van der Waals surface area contributed by atoms with Gasteiger partial charge in [-0.3, -0.25) is 0 Å². The standard InChI is InChI=1S/C13H12N4S/c14-13(18)17-9-3-4-10-8(6-9)7-16-12-11(10)2-1-5-15-12/h1-6H,7H2,(H,15,16)(H3,14,17,18). The van der Waals surface area contributed by atoms with E-state index in [1.165, 1.54) is 11.1 Å². The Morgan fingerprint density at radius 3 is 3.06 bits per heavy atom. The molecule has 0 bridgehead atoms. The van der Waals surface area contributed by atoms with Gasteiger partial charge in [0.05, 0.1) is 0 Å². The number of fused-ring (bicyclic) bond motifs is 3. The zero-order chi connectivity index (χ0) is 12.5. The maximum atomic E-state index is 5.47. The number of nitrogens with zero attached hydrogens (tertiary/aromatic N) is 1. The number of benzene rings is 1. The molecule has 1 aliphatic heterocycles. The highest BCUT2D eigenvalue weighted by Crippen LogP contribution is 2.34. The van der Waals surface area contributed by atoms with E-state index in [2.05, 4.69) is 33.8 Å². The molecule has 5 heteroatoms. The van der Waals surface area contributed by atoms with Crippen LogP contribution in [-0.4, -0.2) is 10.1 Å². The average molecular weight is 256 g/mol. The lowest BCUT2D eigenvalue weighted by molar-refractivity contribution is 1.09. The van der Waals surface area contributed by atoms with Crippen molar-refractivity contribution >= 4 is 28.8 Å². The van der Waals surface area contributed by atoms with Crippen molar-refractivity contribution in [3.63, 3.8) is 0 Å². The summed E-state index contributed by atoms with van der Waals surface area (Å²) < 4.78 is 0. The van der Waals surface area contributed by atoms with Crippen molar-refractivity contribution in [1.29, 1.82) is 0 Å². The van der Waals surface area contributed by atoms with Crippen molar-refractivity contribution in [3.05, 3.63) is 42.1 Å². The summed E-state index contributed by atoms with van der Waals surface area (Å²) in [5, 5.41) is 6.52. The maximum absolute atomic E-state index is 5.47. The topological polar surface area (TPSA) is 63.0 Å². The molecule has 0 aliphatic carbocycles. The third kappa shape index (κ3) is 1.89. The first kappa shape index (κ1) is 11.0. The predicted octanol–water partition coefficient (Wildman–Crippen LogP) is 2.33. The molecule has 1 aromatic heterocycles. The zero-order valence-electron chi connectivity index (χ0n) is 9.60. The molecule has 4 N–H and O–H groups in total. The van der Waals surface area contributed by atoms with E-state index in [4.69, 9.17) is 18.0 Å². The maximum Gasteiger partial charge on any atom is 0.168 e. The highest BCUT2D eigenvalue weighted by molar-refractivity contribution is 7.80. The Hall–Kier alpha value is -2.14. The predicted molar refractivity (Wildman–Crippen MR) is 77.4 cm³/mol. The van der Waals surface area contributed by atoms with Crippen molar-refractivity contribution in [3.8, 4) is 11.1 Å². The number of pyridine rings is 1. The second-order valence-corrected chi connectivity index (χ2v) is 4.55. The molecule has 1 aliphatic rings. The Kier molecular flexibility index (Phi) is 2.60. The summed E-state index contributed by atoms with van der Waals surface area (Å²) in [5.41, 5.74) is 9.91. The van der Waals surface area contributed by atoms with E-state index in [1.54, 1.807) is 6.20 Å². The van der Waals surface area contributed by atoms with E-state index in [1.807, 2.05) is 12.1 Å². The number of hydrogen-bond donors (Lipinski definition) is 3. The van der Waals surface area contributed by atoms with Crippen molar-refractivity contribution in [2.75, 3.05) is 10.6 Å². The quantitative estimate of drug-likeness (QED) is 0.683. The van der Waals surface area contributed by atoms with Gasteiger partial charge in [0.2, 0.25) is 0 Å². The van der Waals surface area contributed by atoms with Gasteiger partial charge in [-0.25, -0.2) is 4.98 Å². The fourth-order valence-corrected chi connectivity index (χ4v) is 2.28. The van der Waals surface area contributed by atoms with E-state index >= 15 is 0 Å². The molecular weight excluding hydrogens is 244 g/mol. The second-order valence-electron chi connectivity index (χ2n) is 4.11. The molecule has 0 radical (unpaired) electrons. The molecule has 0 spiro atoms. The van der Waals surface area contributed by atoms with E-state index in [-0.39, 0.29) is 5.11 Å². The minimum atomic E-state index is 0.279. The Morgan fingerprint density at radius 2 is 2.22 bits per heavy atom. The van der Waals surface area contributed by atoms with Gasteiger partial charge in [0.15, 0.2) is 5.11 Å². The Morgan fingerprint density at radius 1 is 1.33 bits per heavy atom. The molecule has 0 saturated heterocycles. The molecular formula is C13H12N4S. The lowest BCUT2D eigenvalue weighted by Crippen LogP contribution is -2.19. The SMILES string of the molecule is NC(=S)Nc1ccc2c(c1)CNc1ncccc1-2. The molecule has 2 heterocycles. The first-order valence-electron chi connectivity index (χ1n) is 5.63. The van der Waals surface area contributed by atoms with Crippen LogP contribution in [0.1, 0.15) is 5.56 Å². The Bertz CT molecular complexity index is 624. The zero-order valence-corrected chi connectivity index (χ0v) is 10.4. The van der Waals surface area contributed by atoms with Crippen LogP contribution in [0.3, 0.4) is 0 Å². The summed E-state index contributed by atoms with van der Waals surface area (Å²) in [7, 11) is 0. The van der Waals surface area contributed by atoms with E-state index in [0.29, 0.717) is 0 Å². The van der Waals surface area contributed by atoms with Gasteiger partial charge in [0.1, 0.15) is 5.82 Å². The van der Waals surface area contributed by atoms with Crippen LogP contribution in [0, 0.1) is 0 Å². The van der Waals surface area contributed by atoms with Gasteiger partial charge in [-0.15, -0.1) is 0 Å². The highest BCUT2D eigenvalue weighted by Gasteiger charge is 2.16. The van der Waals surface area contributed by atoms with Crippen molar-refractivity contribution < 1.29 is 0 Å². The monoisotopic (exact) mass is 256 g/mol. The van der Waals surface area contributed by atoms with Crippen LogP contribution in [0.15, 0.2) is 36.5 Å². The largest absolute Gasteiger partial charge is 0.376 e. The number of rotatable bonds is 1. The number of anilines is 2. The smallest absolute Gasteiger partial charge is 0.168 e. The summed E-state index contributed by atoms with van der Waals surface area (Å²) in [6.45, 7) is 0.756. The fourth-order valence-electron chi connectivity index (χ4n) is 2.17. The fraction of sp³-hybridized carbons (Fsp3) is 0.0769. The number of hydrogen-bond acceptors (Lipinski definition) is 3. The van der Waals surface area contributed by atoms with Crippen LogP contribution in [0.25, 0.3) is 11.1 Å². The van der Waals surface area contributed by atoms with Crippen molar-refractivity contribution in [1.82, 2.24) is 4.98 Å². The lowest BCUT2D eigenvalue weighted by Gasteiger charge is -2.21. The average Bonchev–Trinajstić information content (AvgIpc) is 2.37. The van der Waals surface area contributed by atoms with Crippen LogP contribution < -0.4 is 16.4 Å². The molecule has 4 nitrogen and oxygen atoms in total. The highest BCUT2D eigenvalue weighted by atomic mass is 32.1. The minimum absolute atomic E-state index is 0.279. The van der Waals surface area contributed by atoms with Gasteiger partial charge < -0.3 is 16.4 Å².